The third kappa shape index (κ3) is 4.24. The third-order valence-electron chi connectivity index (χ3n) is 2.89. The Bertz CT molecular complexity index is 425. The molecule has 0 aliphatic heterocycles. The molecule has 1 unspecified atom stereocenters. The van der Waals surface area contributed by atoms with Crippen LogP contribution in [0.3, 0.4) is 0 Å². The Morgan fingerprint density at radius 2 is 2.17 bits per heavy atom. The highest BCUT2D eigenvalue weighted by Crippen LogP contribution is 2.13. The van der Waals surface area contributed by atoms with Crippen molar-refractivity contribution in [1.82, 2.24) is 10.3 Å². The maximum absolute atomic E-state index is 4.42. The molecule has 0 amide bonds. The van der Waals surface area contributed by atoms with Crippen LogP contribution in [0.5, 0.6) is 0 Å². The van der Waals surface area contributed by atoms with Gasteiger partial charge in [-0.25, -0.2) is 0 Å². The highest BCUT2D eigenvalue weighted by Gasteiger charge is 2.11. The lowest BCUT2D eigenvalue weighted by molar-refractivity contribution is 0.503. The van der Waals surface area contributed by atoms with Crippen molar-refractivity contribution in [2.24, 2.45) is 0 Å². The summed E-state index contributed by atoms with van der Waals surface area (Å²) >= 11 is 1.83. The number of hydrogen-bond donors (Lipinski definition) is 1. The minimum Gasteiger partial charge on any atom is -0.313 e. The van der Waals surface area contributed by atoms with E-state index >= 15 is 0 Å². The van der Waals surface area contributed by atoms with Crippen LogP contribution in [-0.4, -0.2) is 17.6 Å². The molecule has 3 heteroatoms. The summed E-state index contributed by atoms with van der Waals surface area (Å²) in [5.41, 5.74) is 1.17. The highest BCUT2D eigenvalue weighted by atomic mass is 32.1. The van der Waals surface area contributed by atoms with E-state index in [0.29, 0.717) is 6.04 Å². The minimum atomic E-state index is 0.485. The van der Waals surface area contributed by atoms with Crippen LogP contribution in [0.15, 0.2) is 41.9 Å². The van der Waals surface area contributed by atoms with Gasteiger partial charge in [0.05, 0.1) is 0 Å². The van der Waals surface area contributed by atoms with Crippen LogP contribution < -0.4 is 5.32 Å². The maximum atomic E-state index is 4.42. The normalized spacial score (nSPS) is 12.5. The van der Waals surface area contributed by atoms with E-state index in [2.05, 4.69) is 46.9 Å². The van der Waals surface area contributed by atoms with Gasteiger partial charge in [0.15, 0.2) is 0 Å². The van der Waals surface area contributed by atoms with Crippen LogP contribution in [0.2, 0.25) is 0 Å². The molecule has 1 atom stereocenters. The van der Waals surface area contributed by atoms with Crippen LogP contribution in [0.1, 0.15) is 23.9 Å². The van der Waals surface area contributed by atoms with Gasteiger partial charge in [0.25, 0.3) is 0 Å². The van der Waals surface area contributed by atoms with Crippen LogP contribution in [-0.2, 0) is 12.8 Å². The van der Waals surface area contributed by atoms with Crippen molar-refractivity contribution in [3.05, 3.63) is 52.5 Å². The molecule has 0 aromatic carbocycles. The van der Waals surface area contributed by atoms with Gasteiger partial charge in [0, 0.05) is 29.2 Å². The number of pyridine rings is 1. The van der Waals surface area contributed by atoms with E-state index < -0.39 is 0 Å². The molecule has 0 saturated carbocycles. The lowest BCUT2D eigenvalue weighted by Crippen LogP contribution is -2.33. The van der Waals surface area contributed by atoms with Gasteiger partial charge >= 0.3 is 0 Å². The summed E-state index contributed by atoms with van der Waals surface area (Å²) in [6, 6.07) is 11.0. The second-order valence-electron chi connectivity index (χ2n) is 4.46. The molecule has 0 radical (unpaired) electrons. The molecule has 0 aliphatic carbocycles. The van der Waals surface area contributed by atoms with Crippen molar-refractivity contribution in [2.75, 3.05) is 6.54 Å². The molecule has 2 aromatic rings. The lowest BCUT2D eigenvalue weighted by atomic mass is 10.1. The van der Waals surface area contributed by atoms with Gasteiger partial charge in [-0.15, -0.1) is 11.3 Å². The number of nitrogens with zero attached hydrogens (tertiary/aromatic N) is 1. The van der Waals surface area contributed by atoms with E-state index in [0.717, 1.165) is 19.4 Å². The van der Waals surface area contributed by atoms with Gasteiger partial charge in [-0.05, 0) is 43.0 Å². The molecule has 2 aromatic heterocycles. The van der Waals surface area contributed by atoms with E-state index in [-0.39, 0.29) is 0 Å². The maximum Gasteiger partial charge on any atom is 0.0419 e. The fraction of sp³-hybridized carbons (Fsp3) is 0.400. The first-order valence-electron chi connectivity index (χ1n) is 6.54. The molecule has 2 heterocycles. The van der Waals surface area contributed by atoms with E-state index in [1.165, 1.54) is 17.0 Å². The van der Waals surface area contributed by atoms with Gasteiger partial charge in [0.1, 0.15) is 0 Å². The summed E-state index contributed by atoms with van der Waals surface area (Å²) < 4.78 is 0. The lowest BCUT2D eigenvalue weighted by Gasteiger charge is -2.17. The van der Waals surface area contributed by atoms with Crippen LogP contribution in [0.4, 0.5) is 0 Å². The molecule has 0 spiro atoms. The largest absolute Gasteiger partial charge is 0.313 e. The molecule has 0 saturated heterocycles. The van der Waals surface area contributed by atoms with Crippen molar-refractivity contribution in [1.29, 1.82) is 0 Å². The van der Waals surface area contributed by atoms with Crippen molar-refractivity contribution in [3.8, 4) is 0 Å². The highest BCUT2D eigenvalue weighted by molar-refractivity contribution is 7.09. The topological polar surface area (TPSA) is 24.9 Å². The van der Waals surface area contributed by atoms with E-state index in [4.69, 9.17) is 0 Å². The van der Waals surface area contributed by atoms with Gasteiger partial charge in [-0.3, -0.25) is 4.98 Å². The zero-order valence-corrected chi connectivity index (χ0v) is 11.6. The van der Waals surface area contributed by atoms with Gasteiger partial charge in [-0.1, -0.05) is 19.1 Å². The molecular formula is C15H20N2S. The van der Waals surface area contributed by atoms with E-state index in [1.54, 1.807) is 0 Å². The predicted octanol–water partition coefficient (Wildman–Crippen LogP) is 3.30. The average Bonchev–Trinajstić information content (AvgIpc) is 2.90. The number of thiophene rings is 1. The number of nitrogens with one attached hydrogen (secondary N) is 1. The minimum absolute atomic E-state index is 0.485. The first-order chi connectivity index (χ1) is 8.88. The number of aromatic nitrogens is 1. The van der Waals surface area contributed by atoms with Gasteiger partial charge in [0.2, 0.25) is 0 Å². The Morgan fingerprint density at radius 3 is 2.83 bits per heavy atom. The smallest absolute Gasteiger partial charge is 0.0419 e. The summed E-state index contributed by atoms with van der Waals surface area (Å²) in [5, 5.41) is 5.77. The molecule has 2 rings (SSSR count). The first kappa shape index (κ1) is 13.2. The zero-order valence-electron chi connectivity index (χ0n) is 10.8. The van der Waals surface area contributed by atoms with Crippen molar-refractivity contribution < 1.29 is 0 Å². The predicted molar refractivity (Wildman–Crippen MR) is 78.0 cm³/mol. The Hall–Kier alpha value is -1.19. The van der Waals surface area contributed by atoms with Gasteiger partial charge < -0.3 is 5.32 Å². The number of hydrogen-bond acceptors (Lipinski definition) is 3. The standard InChI is InChI=1S/C15H20N2S/c1-2-8-16-14(12-15-7-5-10-18-15)11-13-6-3-4-9-17-13/h3-7,9-10,14,16H,2,8,11-12H2,1H3. The average molecular weight is 260 g/mol. The molecule has 18 heavy (non-hydrogen) atoms. The van der Waals surface area contributed by atoms with Gasteiger partial charge in [-0.2, -0.15) is 0 Å². The molecule has 2 nitrogen and oxygen atoms in total. The van der Waals surface area contributed by atoms with Crippen LogP contribution >= 0.6 is 11.3 Å². The van der Waals surface area contributed by atoms with E-state index in [1.807, 2.05) is 23.6 Å². The molecule has 0 bridgehead atoms. The second kappa shape index (κ2) is 7.29. The summed E-state index contributed by atoms with van der Waals surface area (Å²) in [7, 11) is 0. The summed E-state index contributed by atoms with van der Waals surface area (Å²) in [5.74, 6) is 0. The number of rotatable bonds is 7. The summed E-state index contributed by atoms with van der Waals surface area (Å²) in [6.45, 7) is 3.28. The SMILES string of the molecule is CCCNC(Cc1ccccn1)Cc1cccs1. The zero-order chi connectivity index (χ0) is 12.6. The molecule has 1 N–H and O–H groups in total. The summed E-state index contributed by atoms with van der Waals surface area (Å²) in [4.78, 5) is 5.86. The molecule has 0 aliphatic rings. The molecule has 0 fully saturated rings. The fourth-order valence-corrected chi connectivity index (χ4v) is 2.79. The van der Waals surface area contributed by atoms with Crippen LogP contribution in [0, 0.1) is 0 Å². The monoisotopic (exact) mass is 260 g/mol. The van der Waals surface area contributed by atoms with Crippen LogP contribution in [0.25, 0.3) is 0 Å². The molecular weight excluding hydrogens is 240 g/mol. The quantitative estimate of drug-likeness (QED) is 0.826. The fourth-order valence-electron chi connectivity index (χ4n) is 2.01. The Morgan fingerprint density at radius 1 is 1.22 bits per heavy atom. The third-order valence-corrected chi connectivity index (χ3v) is 3.79. The van der Waals surface area contributed by atoms with E-state index in [9.17, 15) is 0 Å². The van der Waals surface area contributed by atoms with Crippen molar-refractivity contribution in [3.63, 3.8) is 0 Å². The van der Waals surface area contributed by atoms with Crippen molar-refractivity contribution in [2.45, 2.75) is 32.2 Å². The second-order valence-corrected chi connectivity index (χ2v) is 5.49. The Kier molecular flexibility index (Phi) is 5.36. The van der Waals surface area contributed by atoms with Crippen molar-refractivity contribution >= 4 is 11.3 Å². The first-order valence-corrected chi connectivity index (χ1v) is 7.42. The molecule has 96 valence electrons. The Labute approximate surface area is 113 Å². The Balaban J connectivity index is 1.96. The summed E-state index contributed by atoms with van der Waals surface area (Å²) in [6.07, 6.45) is 5.13.